The molecule has 0 aliphatic heterocycles. The van der Waals surface area contributed by atoms with Gasteiger partial charge in [0.2, 0.25) is 0 Å². The first-order valence-corrected chi connectivity index (χ1v) is 11.3. The first-order valence-electron chi connectivity index (χ1n) is 11.3. The van der Waals surface area contributed by atoms with Crippen LogP contribution in [0, 0.1) is 0 Å². The monoisotopic (exact) mass is 462 g/mol. The Balaban J connectivity index is 1.52. The Morgan fingerprint density at radius 1 is 0.912 bits per heavy atom. The normalized spacial score (nSPS) is 12.1. The second-order valence-corrected chi connectivity index (χ2v) is 9.17. The van der Waals surface area contributed by atoms with Crippen LogP contribution in [0.15, 0.2) is 66.7 Å². The lowest BCUT2D eigenvalue weighted by atomic mass is 9.87. The van der Waals surface area contributed by atoms with E-state index >= 15 is 0 Å². The van der Waals surface area contributed by atoms with Crippen LogP contribution in [0.5, 0.6) is 17.2 Å². The van der Waals surface area contributed by atoms with Gasteiger partial charge < -0.3 is 25.3 Å². The van der Waals surface area contributed by atoms with E-state index in [1.54, 1.807) is 14.2 Å². The first-order chi connectivity index (χ1) is 16.2. The van der Waals surface area contributed by atoms with Crippen molar-refractivity contribution in [2.75, 3.05) is 20.8 Å². The zero-order chi connectivity index (χ0) is 24.7. The standard InChI is InChI=1S/C28H34N2O4/c1-28(2,3)21-10-6-19(7-11-21)17-30-26(31)18-34-22-12-8-20(9-13-22)27(29)24-15-14-23(32-4)16-25(24)33-5/h6-16,27H,17-18,29H2,1-5H3,(H,30,31). The second kappa shape index (κ2) is 11.1. The topological polar surface area (TPSA) is 82.8 Å². The highest BCUT2D eigenvalue weighted by molar-refractivity contribution is 5.77. The third-order valence-electron chi connectivity index (χ3n) is 5.69. The second-order valence-electron chi connectivity index (χ2n) is 9.17. The molecule has 0 aliphatic carbocycles. The summed E-state index contributed by atoms with van der Waals surface area (Å²) in [6, 6.07) is 20.9. The summed E-state index contributed by atoms with van der Waals surface area (Å²) < 4.78 is 16.4. The predicted octanol–water partition coefficient (Wildman–Crippen LogP) is 4.74. The number of hydrogen-bond donors (Lipinski definition) is 2. The molecular formula is C28H34N2O4. The lowest BCUT2D eigenvalue weighted by molar-refractivity contribution is -0.123. The first kappa shape index (κ1) is 25.1. The summed E-state index contributed by atoms with van der Waals surface area (Å²) in [6.45, 7) is 6.94. The van der Waals surface area contributed by atoms with E-state index in [9.17, 15) is 4.79 Å². The molecule has 34 heavy (non-hydrogen) atoms. The Hall–Kier alpha value is -3.51. The van der Waals surface area contributed by atoms with Crippen LogP contribution in [0.3, 0.4) is 0 Å². The van der Waals surface area contributed by atoms with Crippen molar-refractivity contribution in [3.05, 3.63) is 89.0 Å². The van der Waals surface area contributed by atoms with Crippen LogP contribution < -0.4 is 25.3 Å². The van der Waals surface area contributed by atoms with Gasteiger partial charge >= 0.3 is 0 Å². The fourth-order valence-corrected chi connectivity index (χ4v) is 3.55. The van der Waals surface area contributed by atoms with Crippen molar-refractivity contribution >= 4 is 5.91 Å². The van der Waals surface area contributed by atoms with Gasteiger partial charge in [0.25, 0.3) is 5.91 Å². The number of nitrogens with two attached hydrogens (primary N) is 1. The number of ether oxygens (including phenoxy) is 3. The van der Waals surface area contributed by atoms with Crippen LogP contribution in [-0.4, -0.2) is 26.7 Å². The molecule has 0 saturated carbocycles. The zero-order valence-electron chi connectivity index (χ0n) is 20.6. The molecule has 3 N–H and O–H groups in total. The van der Waals surface area contributed by atoms with Crippen LogP contribution in [0.4, 0.5) is 0 Å². The molecule has 0 aromatic heterocycles. The van der Waals surface area contributed by atoms with Crippen molar-refractivity contribution < 1.29 is 19.0 Å². The van der Waals surface area contributed by atoms with Crippen LogP contribution in [0.2, 0.25) is 0 Å². The summed E-state index contributed by atoms with van der Waals surface area (Å²) in [7, 11) is 3.21. The average Bonchev–Trinajstić information content (AvgIpc) is 2.85. The molecule has 1 amide bonds. The van der Waals surface area contributed by atoms with E-state index in [2.05, 4.69) is 38.2 Å². The van der Waals surface area contributed by atoms with E-state index in [4.69, 9.17) is 19.9 Å². The number of hydrogen-bond acceptors (Lipinski definition) is 5. The number of benzene rings is 3. The van der Waals surface area contributed by atoms with Crippen molar-refractivity contribution in [1.29, 1.82) is 0 Å². The molecule has 0 aliphatic rings. The van der Waals surface area contributed by atoms with E-state index in [0.29, 0.717) is 23.8 Å². The minimum Gasteiger partial charge on any atom is -0.497 e. The summed E-state index contributed by atoms with van der Waals surface area (Å²) in [5.41, 5.74) is 10.6. The minimum atomic E-state index is -0.372. The van der Waals surface area contributed by atoms with Crippen molar-refractivity contribution in [3.8, 4) is 17.2 Å². The maximum absolute atomic E-state index is 12.2. The number of methoxy groups -OCH3 is 2. The summed E-state index contributed by atoms with van der Waals surface area (Å²) in [4.78, 5) is 12.2. The largest absolute Gasteiger partial charge is 0.497 e. The highest BCUT2D eigenvalue weighted by Gasteiger charge is 2.16. The van der Waals surface area contributed by atoms with Gasteiger partial charge in [-0.25, -0.2) is 0 Å². The summed E-state index contributed by atoms with van der Waals surface area (Å²) in [6.07, 6.45) is 0. The van der Waals surface area contributed by atoms with E-state index in [-0.39, 0.29) is 24.0 Å². The van der Waals surface area contributed by atoms with E-state index < -0.39 is 0 Å². The van der Waals surface area contributed by atoms with Crippen molar-refractivity contribution in [1.82, 2.24) is 5.32 Å². The van der Waals surface area contributed by atoms with Crippen LogP contribution >= 0.6 is 0 Å². The number of amides is 1. The van der Waals surface area contributed by atoms with Gasteiger partial charge in [0.1, 0.15) is 17.2 Å². The van der Waals surface area contributed by atoms with E-state index in [0.717, 1.165) is 16.7 Å². The van der Waals surface area contributed by atoms with Crippen molar-refractivity contribution in [3.63, 3.8) is 0 Å². The molecule has 6 heteroatoms. The van der Waals surface area contributed by atoms with E-state index in [1.165, 1.54) is 5.56 Å². The molecule has 0 spiro atoms. The number of carbonyl (C=O) groups excluding carboxylic acids is 1. The van der Waals surface area contributed by atoms with Gasteiger partial charge in [-0.15, -0.1) is 0 Å². The number of nitrogens with one attached hydrogen (secondary N) is 1. The number of carbonyl (C=O) groups is 1. The smallest absolute Gasteiger partial charge is 0.258 e. The summed E-state index contributed by atoms with van der Waals surface area (Å²) in [5.74, 6) is 1.79. The predicted molar refractivity (Wildman–Crippen MR) is 135 cm³/mol. The number of rotatable bonds is 9. The Kier molecular flexibility index (Phi) is 8.18. The fraction of sp³-hybridized carbons (Fsp3) is 0.321. The molecule has 180 valence electrons. The summed E-state index contributed by atoms with van der Waals surface area (Å²) in [5, 5.41) is 2.89. The molecule has 3 aromatic carbocycles. The van der Waals surface area contributed by atoms with Gasteiger partial charge in [0.15, 0.2) is 6.61 Å². The molecule has 0 bridgehead atoms. The maximum Gasteiger partial charge on any atom is 0.258 e. The Morgan fingerprint density at radius 2 is 1.56 bits per heavy atom. The van der Waals surface area contributed by atoms with Crippen LogP contribution in [-0.2, 0) is 16.8 Å². The SMILES string of the molecule is COc1ccc(C(N)c2ccc(OCC(=O)NCc3ccc(C(C)(C)C)cc3)cc2)c(OC)c1. The van der Waals surface area contributed by atoms with Gasteiger partial charge in [-0.1, -0.05) is 57.2 Å². The van der Waals surface area contributed by atoms with E-state index in [1.807, 2.05) is 54.6 Å². The van der Waals surface area contributed by atoms with Gasteiger partial charge in [0.05, 0.1) is 20.3 Å². The molecule has 0 saturated heterocycles. The maximum atomic E-state index is 12.2. The molecule has 0 heterocycles. The van der Waals surface area contributed by atoms with Gasteiger partial charge in [-0.3, -0.25) is 4.79 Å². The van der Waals surface area contributed by atoms with Crippen molar-refractivity contribution in [2.24, 2.45) is 5.73 Å². The molecule has 3 aromatic rings. The third-order valence-corrected chi connectivity index (χ3v) is 5.69. The molecule has 0 radical (unpaired) electrons. The Labute approximate surface area is 202 Å². The van der Waals surface area contributed by atoms with Gasteiger partial charge in [-0.2, -0.15) is 0 Å². The van der Waals surface area contributed by atoms with Gasteiger partial charge in [0, 0.05) is 18.2 Å². The Bertz CT molecular complexity index is 1090. The highest BCUT2D eigenvalue weighted by atomic mass is 16.5. The third kappa shape index (κ3) is 6.51. The molecule has 1 atom stereocenters. The molecule has 0 fully saturated rings. The van der Waals surface area contributed by atoms with Crippen LogP contribution in [0.1, 0.15) is 49.1 Å². The fourth-order valence-electron chi connectivity index (χ4n) is 3.55. The highest BCUT2D eigenvalue weighted by Crippen LogP contribution is 2.32. The summed E-state index contributed by atoms with van der Waals surface area (Å²) >= 11 is 0. The average molecular weight is 463 g/mol. The lowest BCUT2D eigenvalue weighted by Crippen LogP contribution is -2.28. The molecule has 6 nitrogen and oxygen atoms in total. The molecular weight excluding hydrogens is 428 g/mol. The zero-order valence-corrected chi connectivity index (χ0v) is 20.6. The lowest BCUT2D eigenvalue weighted by Gasteiger charge is -2.19. The Morgan fingerprint density at radius 3 is 2.15 bits per heavy atom. The van der Waals surface area contributed by atoms with Crippen molar-refractivity contribution in [2.45, 2.75) is 38.8 Å². The van der Waals surface area contributed by atoms with Crippen LogP contribution in [0.25, 0.3) is 0 Å². The molecule has 1 unspecified atom stereocenters. The van der Waals surface area contributed by atoms with Gasteiger partial charge in [-0.05, 0) is 46.4 Å². The quantitative estimate of drug-likeness (QED) is 0.480. The minimum absolute atomic E-state index is 0.0578. The molecule has 3 rings (SSSR count).